The quantitative estimate of drug-likeness (QED) is 0.258. The number of aryl methyl sites for hydroxylation is 3. The fraction of sp³-hybridized carbons (Fsp3) is 0.235. The molecular weight excluding hydrogens is 494 g/mol. The number of hydrogen-bond acceptors (Lipinski definition) is 2. The average Bonchev–Trinajstić information content (AvgIpc) is 3.51. The second-order valence-corrected chi connectivity index (χ2v) is 11.0. The van der Waals surface area contributed by atoms with Gasteiger partial charge in [0.25, 0.3) is 0 Å². The van der Waals surface area contributed by atoms with Gasteiger partial charge in [-0.25, -0.2) is 9.48 Å². The van der Waals surface area contributed by atoms with Gasteiger partial charge in [0.2, 0.25) is 0 Å². The highest BCUT2D eigenvalue weighted by Crippen LogP contribution is 2.39. The summed E-state index contributed by atoms with van der Waals surface area (Å²) in [6.45, 7) is 11.0. The summed E-state index contributed by atoms with van der Waals surface area (Å²) in [6.07, 6.45) is 2.08. The van der Waals surface area contributed by atoms with Crippen LogP contribution in [0.25, 0.3) is 11.5 Å². The highest BCUT2D eigenvalue weighted by molar-refractivity contribution is 5.90. The first kappa shape index (κ1) is 25.7. The van der Waals surface area contributed by atoms with Crippen LogP contribution in [0.4, 0.5) is 10.5 Å². The van der Waals surface area contributed by atoms with Crippen molar-refractivity contribution in [3.05, 3.63) is 130 Å². The summed E-state index contributed by atoms with van der Waals surface area (Å²) in [5, 5.41) is 8.15. The van der Waals surface area contributed by atoms with Crippen LogP contribution in [0.2, 0.25) is 0 Å². The number of nitrogens with zero attached hydrogens (tertiary/aromatic N) is 4. The summed E-state index contributed by atoms with van der Waals surface area (Å²) < 4.78 is 4.20. The smallest absolute Gasteiger partial charge is 0.308 e. The van der Waals surface area contributed by atoms with Crippen molar-refractivity contribution in [3.8, 4) is 11.5 Å². The summed E-state index contributed by atoms with van der Waals surface area (Å²) in [5.41, 5.74) is 9.41. The third kappa shape index (κ3) is 4.49. The van der Waals surface area contributed by atoms with E-state index in [9.17, 15) is 4.79 Å². The standard InChI is InChI=1S/C34H35N5O/c1-22(2)26-14-16-27(17-15-26)32-31-12-9-19-37(31)33-30(25(5)36-39(33)29-10-7-6-8-11-29)21-38(32)34(40)35-28-18-13-23(3)24(4)20-28/h6-20,22,32H,21H2,1-5H3,(H,35,40). The summed E-state index contributed by atoms with van der Waals surface area (Å²) in [6, 6.07) is 28.7. The first-order chi connectivity index (χ1) is 19.3. The zero-order valence-corrected chi connectivity index (χ0v) is 23.7. The predicted octanol–water partition coefficient (Wildman–Crippen LogP) is 7.85. The van der Waals surface area contributed by atoms with Crippen LogP contribution >= 0.6 is 0 Å². The maximum atomic E-state index is 14.2. The fourth-order valence-corrected chi connectivity index (χ4v) is 5.58. The molecule has 2 amide bonds. The molecule has 0 fully saturated rings. The van der Waals surface area contributed by atoms with Crippen molar-refractivity contribution in [2.24, 2.45) is 0 Å². The molecule has 0 saturated carbocycles. The molecule has 6 rings (SSSR count). The SMILES string of the molecule is Cc1ccc(NC(=O)N2Cc3c(C)nn(-c4ccccc4)c3-n3cccc3C2c2ccc(C(C)C)cc2)cc1C. The lowest BCUT2D eigenvalue weighted by Gasteiger charge is -2.31. The number of amides is 2. The van der Waals surface area contributed by atoms with Gasteiger partial charge in [0, 0.05) is 17.4 Å². The van der Waals surface area contributed by atoms with Gasteiger partial charge < -0.3 is 14.8 Å². The normalized spacial score (nSPS) is 14.6. The topological polar surface area (TPSA) is 55.1 Å². The monoisotopic (exact) mass is 529 g/mol. The Morgan fingerprint density at radius 1 is 0.900 bits per heavy atom. The first-order valence-electron chi connectivity index (χ1n) is 13.9. The van der Waals surface area contributed by atoms with Crippen LogP contribution in [-0.4, -0.2) is 25.3 Å². The number of urea groups is 1. The van der Waals surface area contributed by atoms with Gasteiger partial charge in [0.15, 0.2) is 0 Å². The Labute approximate surface area is 235 Å². The molecule has 0 radical (unpaired) electrons. The first-order valence-corrected chi connectivity index (χ1v) is 13.9. The van der Waals surface area contributed by atoms with E-state index in [0.717, 1.165) is 45.3 Å². The number of hydrogen-bond donors (Lipinski definition) is 1. The highest BCUT2D eigenvalue weighted by atomic mass is 16.2. The van der Waals surface area contributed by atoms with Crippen LogP contribution in [-0.2, 0) is 6.54 Å². The molecule has 5 aromatic rings. The van der Waals surface area contributed by atoms with E-state index in [2.05, 4.69) is 92.3 Å². The van der Waals surface area contributed by atoms with E-state index >= 15 is 0 Å². The molecule has 202 valence electrons. The van der Waals surface area contributed by atoms with Gasteiger partial charge in [-0.2, -0.15) is 5.10 Å². The molecule has 1 atom stereocenters. The second-order valence-electron chi connectivity index (χ2n) is 11.0. The molecule has 6 heteroatoms. The van der Waals surface area contributed by atoms with E-state index in [0.29, 0.717) is 12.5 Å². The molecule has 0 aliphatic carbocycles. The molecular formula is C34H35N5O. The number of aromatic nitrogens is 3. The number of carbonyl (C=O) groups is 1. The fourth-order valence-electron chi connectivity index (χ4n) is 5.58. The zero-order valence-electron chi connectivity index (χ0n) is 23.7. The third-order valence-corrected chi connectivity index (χ3v) is 8.02. The van der Waals surface area contributed by atoms with E-state index in [1.165, 1.54) is 11.1 Å². The average molecular weight is 530 g/mol. The van der Waals surface area contributed by atoms with Gasteiger partial charge in [-0.3, -0.25) is 0 Å². The largest absolute Gasteiger partial charge is 0.322 e. The number of carbonyl (C=O) groups excluding carboxylic acids is 1. The Balaban J connectivity index is 1.51. The minimum atomic E-state index is -0.293. The summed E-state index contributed by atoms with van der Waals surface area (Å²) >= 11 is 0. The number of fused-ring (bicyclic) bond motifs is 3. The number of anilines is 1. The Morgan fingerprint density at radius 2 is 1.65 bits per heavy atom. The molecule has 0 spiro atoms. The van der Waals surface area contributed by atoms with Gasteiger partial charge >= 0.3 is 6.03 Å². The molecule has 0 saturated heterocycles. The lowest BCUT2D eigenvalue weighted by atomic mass is 9.97. The number of rotatable bonds is 4. The van der Waals surface area contributed by atoms with Gasteiger partial charge in [-0.15, -0.1) is 0 Å². The van der Waals surface area contributed by atoms with E-state index in [1.807, 2.05) is 52.9 Å². The van der Waals surface area contributed by atoms with Crippen molar-refractivity contribution in [1.29, 1.82) is 0 Å². The molecule has 1 aliphatic rings. The highest BCUT2D eigenvalue weighted by Gasteiger charge is 2.36. The van der Waals surface area contributed by atoms with Crippen LogP contribution in [0.1, 0.15) is 65.0 Å². The second kappa shape index (κ2) is 10.2. The Bertz CT molecular complexity index is 1680. The van der Waals surface area contributed by atoms with Crippen molar-refractivity contribution in [1.82, 2.24) is 19.2 Å². The predicted molar refractivity (Wildman–Crippen MR) is 160 cm³/mol. The lowest BCUT2D eigenvalue weighted by Crippen LogP contribution is -2.38. The maximum Gasteiger partial charge on any atom is 0.322 e. The summed E-state index contributed by atoms with van der Waals surface area (Å²) in [4.78, 5) is 16.1. The van der Waals surface area contributed by atoms with Crippen LogP contribution in [0.15, 0.2) is 91.1 Å². The van der Waals surface area contributed by atoms with Crippen molar-refractivity contribution in [2.45, 2.75) is 53.1 Å². The van der Waals surface area contributed by atoms with Crippen LogP contribution in [0.3, 0.4) is 0 Å². The molecule has 2 aromatic heterocycles. The van der Waals surface area contributed by atoms with Crippen LogP contribution in [0.5, 0.6) is 0 Å². The Hall–Kier alpha value is -4.58. The minimum absolute atomic E-state index is 0.145. The van der Waals surface area contributed by atoms with Crippen molar-refractivity contribution in [3.63, 3.8) is 0 Å². The van der Waals surface area contributed by atoms with Crippen molar-refractivity contribution in [2.75, 3.05) is 5.32 Å². The molecule has 3 heterocycles. The van der Waals surface area contributed by atoms with Gasteiger partial charge in [0.1, 0.15) is 5.82 Å². The number of nitrogens with one attached hydrogen (secondary N) is 1. The van der Waals surface area contributed by atoms with Gasteiger partial charge in [-0.1, -0.05) is 62.4 Å². The molecule has 6 nitrogen and oxygen atoms in total. The third-order valence-electron chi connectivity index (χ3n) is 8.02. The van der Waals surface area contributed by atoms with E-state index in [1.54, 1.807) is 0 Å². The Morgan fingerprint density at radius 3 is 2.35 bits per heavy atom. The Kier molecular flexibility index (Phi) is 6.54. The summed E-state index contributed by atoms with van der Waals surface area (Å²) in [7, 11) is 0. The van der Waals surface area contributed by atoms with Crippen molar-refractivity contribution >= 4 is 11.7 Å². The van der Waals surface area contributed by atoms with Gasteiger partial charge in [0.05, 0.1) is 29.7 Å². The number of benzene rings is 3. The van der Waals surface area contributed by atoms with Gasteiger partial charge in [-0.05, 0) is 85.3 Å². The van der Waals surface area contributed by atoms with E-state index in [-0.39, 0.29) is 12.1 Å². The molecule has 1 unspecified atom stereocenters. The van der Waals surface area contributed by atoms with Crippen molar-refractivity contribution < 1.29 is 4.79 Å². The zero-order chi connectivity index (χ0) is 28.0. The van der Waals surface area contributed by atoms with E-state index < -0.39 is 0 Å². The maximum absolute atomic E-state index is 14.2. The van der Waals surface area contributed by atoms with E-state index in [4.69, 9.17) is 5.10 Å². The molecule has 1 aliphatic heterocycles. The minimum Gasteiger partial charge on any atom is -0.308 e. The lowest BCUT2D eigenvalue weighted by molar-refractivity contribution is 0.194. The molecule has 3 aromatic carbocycles. The molecule has 0 bridgehead atoms. The molecule has 1 N–H and O–H groups in total. The van der Waals surface area contributed by atoms with Crippen LogP contribution < -0.4 is 5.32 Å². The molecule has 40 heavy (non-hydrogen) atoms. The van der Waals surface area contributed by atoms with Crippen LogP contribution in [0, 0.1) is 20.8 Å². The number of para-hydroxylation sites is 1. The summed E-state index contributed by atoms with van der Waals surface area (Å²) in [5.74, 6) is 1.40.